The monoisotopic (exact) mass is 469 g/mol. The number of urea groups is 1. The fourth-order valence-corrected chi connectivity index (χ4v) is 5.40. The van der Waals surface area contributed by atoms with Crippen molar-refractivity contribution in [3.63, 3.8) is 0 Å². The van der Waals surface area contributed by atoms with E-state index in [1.807, 2.05) is 25.1 Å². The molecule has 2 N–H and O–H groups in total. The predicted molar refractivity (Wildman–Crippen MR) is 127 cm³/mol. The summed E-state index contributed by atoms with van der Waals surface area (Å²) in [7, 11) is 0. The molecule has 0 fully saturated rings. The second kappa shape index (κ2) is 9.27. The first-order valence-corrected chi connectivity index (χ1v) is 11.8. The number of rotatable bonds is 5. The van der Waals surface area contributed by atoms with E-state index < -0.39 is 11.9 Å². The summed E-state index contributed by atoms with van der Waals surface area (Å²) >= 11 is 1.03. The molecule has 0 saturated heterocycles. The number of aromatic nitrogens is 1. The standard InChI is InChI=1S/C24H27N3O5S/c1-5-31-22(28)18-13(3)20(23(29)32-6-2)33-21(18)26-24(30)27-12-11-16-15-9-7-8-10-17(15)25-19(16)14(27)4/h7-10,14,25H,5-6,11-12H2,1-4H3,(H,26,30)/t14-/m0/s1. The zero-order chi connectivity index (χ0) is 23.7. The summed E-state index contributed by atoms with van der Waals surface area (Å²) in [4.78, 5) is 43.8. The average Bonchev–Trinajstić information content (AvgIpc) is 3.32. The molecule has 1 aliphatic rings. The van der Waals surface area contributed by atoms with E-state index in [-0.39, 0.29) is 40.7 Å². The van der Waals surface area contributed by atoms with E-state index in [1.165, 1.54) is 10.9 Å². The highest BCUT2D eigenvalue weighted by atomic mass is 32.1. The summed E-state index contributed by atoms with van der Waals surface area (Å²) in [5, 5.41) is 4.32. The van der Waals surface area contributed by atoms with Gasteiger partial charge in [0.25, 0.3) is 0 Å². The molecule has 4 rings (SSSR count). The summed E-state index contributed by atoms with van der Waals surface area (Å²) in [5.41, 5.74) is 3.92. The third-order valence-electron chi connectivity index (χ3n) is 5.90. The van der Waals surface area contributed by atoms with Crippen LogP contribution in [-0.2, 0) is 15.9 Å². The number of thiophene rings is 1. The lowest BCUT2D eigenvalue weighted by molar-refractivity contribution is 0.0527. The topological polar surface area (TPSA) is 101 Å². The van der Waals surface area contributed by atoms with Gasteiger partial charge in [0.2, 0.25) is 0 Å². The molecule has 0 aliphatic carbocycles. The van der Waals surface area contributed by atoms with E-state index in [2.05, 4.69) is 16.4 Å². The number of fused-ring (bicyclic) bond motifs is 3. The van der Waals surface area contributed by atoms with Crippen molar-refractivity contribution in [2.45, 2.75) is 40.2 Å². The summed E-state index contributed by atoms with van der Waals surface area (Å²) in [6.45, 7) is 7.98. The fraction of sp³-hybridized carbons (Fsp3) is 0.375. The molecule has 3 aromatic rings. The summed E-state index contributed by atoms with van der Waals surface area (Å²) in [6, 6.07) is 7.59. The summed E-state index contributed by atoms with van der Waals surface area (Å²) < 4.78 is 10.3. The Morgan fingerprint density at radius 3 is 2.58 bits per heavy atom. The van der Waals surface area contributed by atoms with Gasteiger partial charge < -0.3 is 19.4 Å². The second-order valence-electron chi connectivity index (χ2n) is 7.81. The molecule has 33 heavy (non-hydrogen) atoms. The molecule has 0 radical (unpaired) electrons. The maximum absolute atomic E-state index is 13.3. The van der Waals surface area contributed by atoms with E-state index in [1.54, 1.807) is 25.7 Å². The number of carbonyl (C=O) groups excluding carboxylic acids is 3. The van der Waals surface area contributed by atoms with Crippen LogP contribution in [0.2, 0.25) is 0 Å². The lowest BCUT2D eigenvalue weighted by atomic mass is 9.98. The zero-order valence-corrected chi connectivity index (χ0v) is 19.9. The van der Waals surface area contributed by atoms with E-state index in [0.717, 1.165) is 29.0 Å². The summed E-state index contributed by atoms with van der Waals surface area (Å²) in [5.74, 6) is -1.11. The van der Waals surface area contributed by atoms with E-state index in [4.69, 9.17) is 9.47 Å². The molecular weight excluding hydrogens is 442 g/mol. The van der Waals surface area contributed by atoms with Gasteiger partial charge in [-0.1, -0.05) is 18.2 Å². The number of anilines is 1. The highest BCUT2D eigenvalue weighted by Gasteiger charge is 2.33. The lowest BCUT2D eigenvalue weighted by Crippen LogP contribution is -2.41. The van der Waals surface area contributed by atoms with Crippen molar-refractivity contribution in [2.75, 3.05) is 25.1 Å². The molecule has 0 unspecified atom stereocenters. The van der Waals surface area contributed by atoms with Gasteiger partial charge in [-0.25, -0.2) is 14.4 Å². The Bertz CT molecular complexity index is 1230. The van der Waals surface area contributed by atoms with Gasteiger partial charge >= 0.3 is 18.0 Å². The van der Waals surface area contributed by atoms with Gasteiger partial charge in [-0.15, -0.1) is 11.3 Å². The maximum atomic E-state index is 13.3. The number of benzene rings is 1. The number of H-pyrrole nitrogens is 1. The number of aromatic amines is 1. The lowest BCUT2D eigenvalue weighted by Gasteiger charge is -2.33. The summed E-state index contributed by atoms with van der Waals surface area (Å²) in [6.07, 6.45) is 0.722. The van der Waals surface area contributed by atoms with Crippen molar-refractivity contribution >= 4 is 45.2 Å². The van der Waals surface area contributed by atoms with E-state index in [0.29, 0.717) is 12.1 Å². The SMILES string of the molecule is CCOC(=O)c1sc(NC(=O)N2CCc3c([nH]c4ccccc34)[C@@H]2C)c(C(=O)OCC)c1C. The Morgan fingerprint density at radius 2 is 1.85 bits per heavy atom. The number of esters is 2. The first-order chi connectivity index (χ1) is 15.9. The van der Waals surface area contributed by atoms with E-state index >= 15 is 0 Å². The first kappa shape index (κ1) is 22.8. The minimum atomic E-state index is -0.582. The van der Waals surface area contributed by atoms with E-state index in [9.17, 15) is 14.4 Å². The molecule has 0 bridgehead atoms. The van der Waals surface area contributed by atoms with Gasteiger partial charge in [-0.3, -0.25) is 5.32 Å². The largest absolute Gasteiger partial charge is 0.462 e. The van der Waals surface area contributed by atoms with Crippen LogP contribution in [0.5, 0.6) is 0 Å². The minimum absolute atomic E-state index is 0.183. The smallest absolute Gasteiger partial charge is 0.348 e. The Hall–Kier alpha value is -3.33. The number of nitrogens with zero attached hydrogens (tertiary/aromatic N) is 1. The number of hydrogen-bond acceptors (Lipinski definition) is 6. The second-order valence-corrected chi connectivity index (χ2v) is 8.83. The van der Waals surface area contributed by atoms with Gasteiger partial charge in [0.1, 0.15) is 9.88 Å². The van der Waals surface area contributed by atoms with Gasteiger partial charge in [0.05, 0.1) is 24.8 Å². The van der Waals surface area contributed by atoms with Crippen LogP contribution in [0.15, 0.2) is 24.3 Å². The molecular formula is C24H27N3O5S. The van der Waals surface area contributed by atoms with Crippen LogP contribution in [0, 0.1) is 6.92 Å². The number of amides is 2. The zero-order valence-electron chi connectivity index (χ0n) is 19.1. The molecule has 2 aromatic heterocycles. The molecule has 0 saturated carbocycles. The Kier molecular flexibility index (Phi) is 6.42. The van der Waals surface area contributed by atoms with Crippen LogP contribution in [-0.4, -0.2) is 47.6 Å². The Balaban J connectivity index is 1.63. The van der Waals surface area contributed by atoms with Gasteiger partial charge in [-0.05, 0) is 51.3 Å². The number of ether oxygens (including phenoxy) is 2. The van der Waals surface area contributed by atoms with Crippen molar-refractivity contribution in [3.8, 4) is 0 Å². The Labute approximate surface area is 195 Å². The fourth-order valence-electron chi connectivity index (χ4n) is 4.32. The highest BCUT2D eigenvalue weighted by Crippen LogP contribution is 2.37. The molecule has 2 amide bonds. The number of hydrogen-bond donors (Lipinski definition) is 2. The molecule has 174 valence electrons. The van der Waals surface area contributed by atoms with Crippen LogP contribution >= 0.6 is 11.3 Å². The quantitative estimate of drug-likeness (QED) is 0.510. The van der Waals surface area contributed by atoms with Crippen LogP contribution < -0.4 is 5.32 Å². The molecule has 9 heteroatoms. The first-order valence-electron chi connectivity index (χ1n) is 11.0. The van der Waals surface area contributed by atoms with Crippen LogP contribution in [0.4, 0.5) is 9.80 Å². The van der Waals surface area contributed by atoms with Gasteiger partial charge in [0, 0.05) is 23.1 Å². The van der Waals surface area contributed by atoms with Crippen molar-refractivity contribution in [3.05, 3.63) is 51.5 Å². The van der Waals surface area contributed by atoms with Crippen LogP contribution in [0.3, 0.4) is 0 Å². The molecule has 1 atom stereocenters. The molecule has 0 spiro atoms. The molecule has 3 heterocycles. The molecule has 1 aromatic carbocycles. The van der Waals surface area contributed by atoms with Crippen molar-refractivity contribution in [1.29, 1.82) is 0 Å². The van der Waals surface area contributed by atoms with Gasteiger partial charge in [0.15, 0.2) is 0 Å². The maximum Gasteiger partial charge on any atom is 0.348 e. The van der Waals surface area contributed by atoms with Crippen molar-refractivity contribution in [2.24, 2.45) is 0 Å². The van der Waals surface area contributed by atoms with Crippen LogP contribution in [0.25, 0.3) is 10.9 Å². The van der Waals surface area contributed by atoms with Crippen LogP contribution in [0.1, 0.15) is 63.7 Å². The number of para-hydroxylation sites is 1. The highest BCUT2D eigenvalue weighted by molar-refractivity contribution is 7.18. The average molecular weight is 470 g/mol. The number of carbonyl (C=O) groups is 3. The third-order valence-corrected chi connectivity index (χ3v) is 7.09. The predicted octanol–water partition coefficient (Wildman–Crippen LogP) is 5.04. The third kappa shape index (κ3) is 4.08. The van der Waals surface area contributed by atoms with Crippen molar-refractivity contribution in [1.82, 2.24) is 9.88 Å². The molecule has 1 aliphatic heterocycles. The van der Waals surface area contributed by atoms with Gasteiger partial charge in [-0.2, -0.15) is 0 Å². The number of nitrogens with one attached hydrogen (secondary N) is 2. The minimum Gasteiger partial charge on any atom is -0.462 e. The normalized spacial score (nSPS) is 15.3. The Morgan fingerprint density at radius 1 is 1.15 bits per heavy atom. The molecule has 8 nitrogen and oxygen atoms in total. The van der Waals surface area contributed by atoms with Crippen molar-refractivity contribution < 1.29 is 23.9 Å².